The fourth-order valence-electron chi connectivity index (χ4n) is 1.79. The normalized spacial score (nSPS) is 15.6. The summed E-state index contributed by atoms with van der Waals surface area (Å²) in [6, 6.07) is 2.23. The summed E-state index contributed by atoms with van der Waals surface area (Å²) in [6.45, 7) is 0.854. The summed E-state index contributed by atoms with van der Waals surface area (Å²) < 4.78 is 27.2. The number of hydrogen-bond donors (Lipinski definition) is 2. The van der Waals surface area contributed by atoms with Crippen LogP contribution in [0, 0.1) is 0 Å². The zero-order valence-electron chi connectivity index (χ0n) is 10.7. The molecule has 0 aromatic carbocycles. The van der Waals surface area contributed by atoms with Crippen LogP contribution >= 0.6 is 22.7 Å². The Morgan fingerprint density at radius 2 is 2.20 bits per heavy atom. The minimum atomic E-state index is -3.47. The molecule has 2 aromatic rings. The van der Waals surface area contributed by atoms with Crippen LogP contribution in [0.15, 0.2) is 27.2 Å². The van der Waals surface area contributed by atoms with Crippen LogP contribution in [0.2, 0.25) is 0 Å². The second-order valence-electron chi connectivity index (χ2n) is 4.67. The number of nitrogens with zero attached hydrogens (tertiary/aromatic N) is 1. The molecule has 0 spiro atoms. The van der Waals surface area contributed by atoms with Gasteiger partial charge in [0.25, 0.3) is 0 Å². The van der Waals surface area contributed by atoms with E-state index < -0.39 is 10.0 Å². The molecule has 2 aromatic heterocycles. The Balaban J connectivity index is 1.68. The number of hydrogen-bond acceptors (Lipinski definition) is 6. The summed E-state index contributed by atoms with van der Waals surface area (Å²) in [4.78, 5) is 5.32. The molecule has 0 unspecified atom stereocenters. The largest absolute Gasteiger partial charge is 0.309 e. The molecule has 20 heavy (non-hydrogen) atoms. The van der Waals surface area contributed by atoms with Crippen LogP contribution in [0.4, 0.5) is 0 Å². The number of thiophene rings is 1. The van der Waals surface area contributed by atoms with E-state index in [9.17, 15) is 8.42 Å². The van der Waals surface area contributed by atoms with Gasteiger partial charge in [0.15, 0.2) is 0 Å². The van der Waals surface area contributed by atoms with E-state index >= 15 is 0 Å². The molecule has 1 aliphatic rings. The Bertz CT molecular complexity index is 660. The van der Waals surface area contributed by atoms with E-state index in [0.717, 1.165) is 10.6 Å². The second kappa shape index (κ2) is 5.90. The number of aromatic nitrogens is 1. The molecule has 108 valence electrons. The maximum atomic E-state index is 12.3. The smallest absolute Gasteiger partial charge is 0.242 e. The summed E-state index contributed by atoms with van der Waals surface area (Å²) in [6.07, 6.45) is 2.38. The molecule has 1 aliphatic carbocycles. The Kier molecular flexibility index (Phi) is 4.18. The van der Waals surface area contributed by atoms with Crippen LogP contribution in [0.3, 0.4) is 0 Å². The van der Waals surface area contributed by atoms with Crippen LogP contribution in [-0.2, 0) is 23.1 Å². The van der Waals surface area contributed by atoms with Gasteiger partial charge in [0.05, 0.1) is 22.6 Å². The maximum absolute atomic E-state index is 12.3. The maximum Gasteiger partial charge on any atom is 0.242 e. The highest BCUT2D eigenvalue weighted by Gasteiger charge is 2.23. The third-order valence-electron chi connectivity index (χ3n) is 3.05. The first-order valence-corrected chi connectivity index (χ1v) is 9.62. The molecule has 0 saturated heterocycles. The van der Waals surface area contributed by atoms with Crippen molar-refractivity contribution in [3.8, 4) is 0 Å². The van der Waals surface area contributed by atoms with Crippen molar-refractivity contribution in [3.63, 3.8) is 0 Å². The zero-order chi connectivity index (χ0) is 14.0. The average molecular weight is 329 g/mol. The number of sulfonamides is 1. The minimum absolute atomic E-state index is 0.233. The molecule has 0 bridgehead atoms. The molecular weight excluding hydrogens is 314 g/mol. The van der Waals surface area contributed by atoms with Gasteiger partial charge >= 0.3 is 0 Å². The Hall–Kier alpha value is -0.800. The van der Waals surface area contributed by atoms with Gasteiger partial charge in [-0.1, -0.05) is 0 Å². The lowest BCUT2D eigenvalue weighted by Gasteiger charge is -2.07. The van der Waals surface area contributed by atoms with Crippen molar-refractivity contribution >= 4 is 32.7 Å². The van der Waals surface area contributed by atoms with Gasteiger partial charge in [-0.15, -0.1) is 22.7 Å². The van der Waals surface area contributed by atoms with E-state index in [1.165, 1.54) is 35.5 Å². The lowest BCUT2D eigenvalue weighted by Crippen LogP contribution is -2.25. The highest BCUT2D eigenvalue weighted by Crippen LogP contribution is 2.24. The van der Waals surface area contributed by atoms with Crippen molar-refractivity contribution < 1.29 is 8.42 Å². The van der Waals surface area contributed by atoms with E-state index in [2.05, 4.69) is 15.0 Å². The van der Waals surface area contributed by atoms with Crippen molar-refractivity contribution in [1.82, 2.24) is 15.0 Å². The molecule has 2 heterocycles. The molecule has 8 heteroatoms. The van der Waals surface area contributed by atoms with Gasteiger partial charge < -0.3 is 5.32 Å². The highest BCUT2D eigenvalue weighted by molar-refractivity contribution is 7.89. The molecule has 1 fully saturated rings. The van der Waals surface area contributed by atoms with Crippen LogP contribution in [-0.4, -0.2) is 19.4 Å². The molecule has 1 saturated carbocycles. The Morgan fingerprint density at radius 3 is 2.90 bits per heavy atom. The van der Waals surface area contributed by atoms with Crippen molar-refractivity contribution in [1.29, 1.82) is 0 Å². The molecule has 0 amide bonds. The van der Waals surface area contributed by atoms with Crippen molar-refractivity contribution in [2.45, 2.75) is 36.9 Å². The van der Waals surface area contributed by atoms with E-state index in [1.54, 1.807) is 11.6 Å². The second-order valence-corrected chi connectivity index (χ2v) is 8.12. The standard InChI is InChI=1S/C12H15N3O2S3/c16-20(17,15-5-10-7-18-8-14-10)12-3-4-19-11(12)6-13-9-1-2-9/h3-4,7-9,13,15H,1-2,5-6H2. The van der Waals surface area contributed by atoms with Crippen LogP contribution in [0.5, 0.6) is 0 Å². The first kappa shape index (κ1) is 14.2. The van der Waals surface area contributed by atoms with Crippen molar-refractivity contribution in [2.24, 2.45) is 0 Å². The topological polar surface area (TPSA) is 71.1 Å². The minimum Gasteiger partial charge on any atom is -0.309 e. The van der Waals surface area contributed by atoms with Crippen LogP contribution in [0.25, 0.3) is 0 Å². The fraction of sp³-hybridized carbons (Fsp3) is 0.417. The quantitative estimate of drug-likeness (QED) is 0.814. The van der Waals surface area contributed by atoms with Crippen molar-refractivity contribution in [3.05, 3.63) is 32.9 Å². The summed E-state index contributed by atoms with van der Waals surface area (Å²) in [5, 5.41) is 7.01. The van der Waals surface area contributed by atoms with Gasteiger partial charge in [0, 0.05) is 22.8 Å². The Labute approximate surface area is 126 Å². The average Bonchev–Trinajstić information content (AvgIpc) is 2.94. The SMILES string of the molecule is O=S(=O)(NCc1cscn1)c1ccsc1CNC1CC1. The molecule has 0 atom stereocenters. The van der Waals surface area contributed by atoms with Crippen LogP contribution in [0.1, 0.15) is 23.4 Å². The molecular formula is C12H15N3O2S3. The highest BCUT2D eigenvalue weighted by atomic mass is 32.2. The molecule has 2 N–H and O–H groups in total. The van der Waals surface area contributed by atoms with Gasteiger partial charge in [0.1, 0.15) is 0 Å². The predicted molar refractivity (Wildman–Crippen MR) is 80.3 cm³/mol. The summed E-state index contributed by atoms with van der Waals surface area (Å²) in [7, 11) is -3.47. The molecule has 0 aliphatic heterocycles. The summed E-state index contributed by atoms with van der Waals surface area (Å²) >= 11 is 2.93. The van der Waals surface area contributed by atoms with Gasteiger partial charge in [-0.25, -0.2) is 18.1 Å². The van der Waals surface area contributed by atoms with Gasteiger partial charge in [-0.2, -0.15) is 0 Å². The first-order valence-electron chi connectivity index (χ1n) is 6.31. The van der Waals surface area contributed by atoms with E-state index in [4.69, 9.17) is 0 Å². The monoisotopic (exact) mass is 329 g/mol. The van der Waals surface area contributed by atoms with E-state index in [0.29, 0.717) is 17.5 Å². The lowest BCUT2D eigenvalue weighted by atomic mass is 10.4. The van der Waals surface area contributed by atoms with Crippen LogP contribution < -0.4 is 10.0 Å². The zero-order valence-corrected chi connectivity index (χ0v) is 13.2. The molecule has 3 rings (SSSR count). The fourth-order valence-corrected chi connectivity index (χ4v) is 4.74. The predicted octanol–water partition coefficient (Wildman–Crippen LogP) is 1.94. The first-order chi connectivity index (χ1) is 9.65. The van der Waals surface area contributed by atoms with E-state index in [-0.39, 0.29) is 6.54 Å². The summed E-state index contributed by atoms with van der Waals surface area (Å²) in [5.41, 5.74) is 2.44. The van der Waals surface area contributed by atoms with Gasteiger partial charge in [0.2, 0.25) is 10.0 Å². The number of nitrogens with one attached hydrogen (secondary N) is 2. The van der Waals surface area contributed by atoms with Gasteiger partial charge in [-0.05, 0) is 24.3 Å². The molecule has 0 radical (unpaired) electrons. The summed E-state index contributed by atoms with van der Waals surface area (Å²) in [5.74, 6) is 0. The lowest BCUT2D eigenvalue weighted by molar-refractivity contribution is 0.578. The molecule has 5 nitrogen and oxygen atoms in total. The van der Waals surface area contributed by atoms with Gasteiger partial charge in [-0.3, -0.25) is 0 Å². The number of thiazole rings is 1. The Morgan fingerprint density at radius 1 is 1.35 bits per heavy atom. The third kappa shape index (κ3) is 3.44. The van der Waals surface area contributed by atoms with E-state index in [1.807, 2.05) is 10.8 Å². The van der Waals surface area contributed by atoms with Crippen molar-refractivity contribution in [2.75, 3.05) is 0 Å². The number of rotatable bonds is 7. The third-order valence-corrected chi connectivity index (χ3v) is 6.22.